The van der Waals surface area contributed by atoms with E-state index in [9.17, 15) is 13.2 Å². The SMILES string of the molecule is CN1CCC[C@@H](Nc2nnc(-c3ccc(Cl)cc3C(F)(F)F)c3cccn23)C1.O=CO. The number of anilines is 1. The van der Waals surface area contributed by atoms with Crippen LogP contribution < -0.4 is 5.32 Å². The average Bonchev–Trinajstić information content (AvgIpc) is 3.19. The fraction of sp³-hybridized carbons (Fsp3) is 0.350. The number of aromatic nitrogens is 3. The van der Waals surface area contributed by atoms with E-state index in [0.29, 0.717) is 11.5 Å². The number of carbonyl (C=O) groups is 1. The van der Waals surface area contributed by atoms with Crippen molar-refractivity contribution in [3.63, 3.8) is 0 Å². The van der Waals surface area contributed by atoms with Crippen molar-refractivity contribution >= 4 is 29.5 Å². The van der Waals surface area contributed by atoms with Crippen LogP contribution in [0.15, 0.2) is 36.5 Å². The molecule has 1 fully saturated rings. The monoisotopic (exact) mass is 455 g/mol. The highest BCUT2D eigenvalue weighted by atomic mass is 35.5. The summed E-state index contributed by atoms with van der Waals surface area (Å²) in [7, 11) is 2.06. The van der Waals surface area contributed by atoms with Crippen LogP contribution >= 0.6 is 11.6 Å². The van der Waals surface area contributed by atoms with Crippen molar-refractivity contribution in [3.05, 3.63) is 47.1 Å². The van der Waals surface area contributed by atoms with Gasteiger partial charge in [-0.1, -0.05) is 17.7 Å². The number of carboxylic acid groups (broad SMARTS) is 1. The van der Waals surface area contributed by atoms with Crippen molar-refractivity contribution in [1.29, 1.82) is 0 Å². The first-order chi connectivity index (χ1) is 14.7. The Kier molecular flexibility index (Phi) is 7.01. The molecule has 0 bridgehead atoms. The first-order valence-electron chi connectivity index (χ1n) is 9.48. The third-order valence-corrected chi connectivity index (χ3v) is 5.20. The molecule has 166 valence electrons. The fourth-order valence-corrected chi connectivity index (χ4v) is 3.84. The van der Waals surface area contributed by atoms with Gasteiger partial charge in [-0.05, 0) is 50.7 Å². The quantitative estimate of drug-likeness (QED) is 0.574. The molecule has 2 N–H and O–H groups in total. The summed E-state index contributed by atoms with van der Waals surface area (Å²) >= 11 is 5.80. The van der Waals surface area contributed by atoms with E-state index in [1.165, 1.54) is 12.1 Å². The first-order valence-corrected chi connectivity index (χ1v) is 9.86. The predicted molar refractivity (Wildman–Crippen MR) is 111 cm³/mol. The number of rotatable bonds is 3. The molecule has 7 nitrogen and oxygen atoms in total. The number of fused-ring (bicyclic) bond motifs is 1. The molecule has 31 heavy (non-hydrogen) atoms. The van der Waals surface area contributed by atoms with E-state index in [4.69, 9.17) is 21.5 Å². The number of nitrogens with zero attached hydrogens (tertiary/aromatic N) is 4. The van der Waals surface area contributed by atoms with E-state index >= 15 is 0 Å². The lowest BCUT2D eigenvalue weighted by Gasteiger charge is -2.30. The van der Waals surface area contributed by atoms with Crippen molar-refractivity contribution in [3.8, 4) is 11.3 Å². The Morgan fingerprint density at radius 1 is 1.29 bits per heavy atom. The van der Waals surface area contributed by atoms with Crippen LogP contribution in [0, 0.1) is 0 Å². The second-order valence-electron chi connectivity index (χ2n) is 7.17. The Morgan fingerprint density at radius 2 is 2.03 bits per heavy atom. The van der Waals surface area contributed by atoms with Crippen LogP contribution in [0.25, 0.3) is 16.8 Å². The molecule has 0 aliphatic carbocycles. The molecule has 3 heterocycles. The van der Waals surface area contributed by atoms with Gasteiger partial charge in [-0.3, -0.25) is 9.20 Å². The third-order valence-electron chi connectivity index (χ3n) is 4.96. The number of halogens is 4. The molecule has 3 aromatic rings. The number of hydrogen-bond donors (Lipinski definition) is 2. The van der Waals surface area contributed by atoms with Crippen molar-refractivity contribution in [2.24, 2.45) is 0 Å². The third kappa shape index (κ3) is 5.26. The molecule has 0 spiro atoms. The second kappa shape index (κ2) is 9.52. The highest BCUT2D eigenvalue weighted by molar-refractivity contribution is 6.30. The highest BCUT2D eigenvalue weighted by Crippen LogP contribution is 2.39. The number of likely N-dealkylation sites (N-methyl/N-ethyl adjacent to an activating group) is 1. The van der Waals surface area contributed by atoms with Crippen LogP contribution in [0.1, 0.15) is 18.4 Å². The molecule has 0 saturated carbocycles. The molecule has 0 amide bonds. The summed E-state index contributed by atoms with van der Waals surface area (Å²) in [4.78, 5) is 10.6. The Morgan fingerprint density at radius 3 is 2.71 bits per heavy atom. The van der Waals surface area contributed by atoms with Crippen LogP contribution in [0.5, 0.6) is 0 Å². The maximum Gasteiger partial charge on any atom is 0.417 e. The van der Waals surface area contributed by atoms with Crippen LogP contribution in [0.4, 0.5) is 19.1 Å². The maximum atomic E-state index is 13.5. The number of hydrogen-bond acceptors (Lipinski definition) is 5. The van der Waals surface area contributed by atoms with E-state index < -0.39 is 11.7 Å². The Bertz CT molecular complexity index is 1060. The molecule has 0 radical (unpaired) electrons. The Hall–Kier alpha value is -2.85. The van der Waals surface area contributed by atoms with Gasteiger partial charge in [0.25, 0.3) is 6.47 Å². The maximum absolute atomic E-state index is 13.5. The number of benzene rings is 1. The molecule has 1 aromatic carbocycles. The van der Waals surface area contributed by atoms with Crippen LogP contribution in [-0.4, -0.2) is 57.3 Å². The molecule has 2 aromatic heterocycles. The zero-order valence-corrected chi connectivity index (χ0v) is 17.4. The number of likely N-dealkylation sites (tertiary alicyclic amines) is 1. The minimum atomic E-state index is -4.55. The lowest BCUT2D eigenvalue weighted by Crippen LogP contribution is -2.40. The molecule has 1 saturated heterocycles. The normalized spacial score (nSPS) is 17.1. The fourth-order valence-electron chi connectivity index (χ4n) is 3.67. The van der Waals surface area contributed by atoms with Gasteiger partial charge in [0.2, 0.25) is 5.95 Å². The summed E-state index contributed by atoms with van der Waals surface area (Å²) in [6.45, 7) is 1.68. The van der Waals surface area contributed by atoms with Gasteiger partial charge in [-0.2, -0.15) is 13.2 Å². The minimum absolute atomic E-state index is 0.0233. The van der Waals surface area contributed by atoms with E-state index in [1.54, 1.807) is 22.7 Å². The number of alkyl halides is 3. The molecular formula is C20H21ClF3N5O2. The van der Waals surface area contributed by atoms with Crippen molar-refractivity contribution in [1.82, 2.24) is 19.5 Å². The predicted octanol–water partition coefficient (Wildman–Crippen LogP) is 4.28. The second-order valence-corrected chi connectivity index (χ2v) is 7.61. The zero-order valence-electron chi connectivity index (χ0n) is 16.6. The van der Waals surface area contributed by atoms with E-state index in [2.05, 4.69) is 27.5 Å². The largest absolute Gasteiger partial charge is 0.483 e. The number of nitrogens with one attached hydrogen (secondary N) is 1. The minimum Gasteiger partial charge on any atom is -0.483 e. The van der Waals surface area contributed by atoms with E-state index in [-0.39, 0.29) is 28.8 Å². The molecule has 1 aliphatic rings. The van der Waals surface area contributed by atoms with Crippen molar-refractivity contribution < 1.29 is 23.1 Å². The summed E-state index contributed by atoms with van der Waals surface area (Å²) in [6, 6.07) is 7.40. The first kappa shape index (κ1) is 22.8. The summed E-state index contributed by atoms with van der Waals surface area (Å²) in [5, 5.41) is 18.6. The standard InChI is InChI=1S/C19H19ClF3N5.CH2O2/c1-27-8-2-4-13(11-27)24-18-26-25-17(16-5-3-9-28(16)18)14-7-6-12(20)10-15(14)19(21,22)23;2-1-3/h3,5-7,9-10,13H,2,4,8,11H2,1H3,(H,24,26);1H,(H,2,3)/t13-;/m1./s1. The van der Waals surface area contributed by atoms with Crippen LogP contribution in [0.2, 0.25) is 5.02 Å². The molecule has 4 rings (SSSR count). The lowest BCUT2D eigenvalue weighted by atomic mass is 10.0. The lowest BCUT2D eigenvalue weighted by molar-refractivity contribution is -0.137. The highest BCUT2D eigenvalue weighted by Gasteiger charge is 2.35. The van der Waals surface area contributed by atoms with Gasteiger partial charge in [-0.15, -0.1) is 10.2 Å². The van der Waals surface area contributed by atoms with E-state index in [0.717, 1.165) is 32.0 Å². The summed E-state index contributed by atoms with van der Waals surface area (Å²) < 4.78 is 42.3. The number of piperidine rings is 1. The van der Waals surface area contributed by atoms with Gasteiger partial charge in [0.05, 0.1) is 11.1 Å². The smallest absolute Gasteiger partial charge is 0.417 e. The summed E-state index contributed by atoms with van der Waals surface area (Å²) in [6.07, 6.45) is -0.694. The van der Waals surface area contributed by atoms with Crippen LogP contribution in [-0.2, 0) is 11.0 Å². The topological polar surface area (TPSA) is 82.8 Å². The van der Waals surface area contributed by atoms with Gasteiger partial charge in [0.1, 0.15) is 5.69 Å². The van der Waals surface area contributed by atoms with Crippen LogP contribution in [0.3, 0.4) is 0 Å². The van der Waals surface area contributed by atoms with Crippen molar-refractivity contribution in [2.45, 2.75) is 25.1 Å². The molecule has 1 atom stereocenters. The Labute approximate surface area is 181 Å². The molecular weight excluding hydrogens is 435 g/mol. The molecule has 11 heteroatoms. The van der Waals surface area contributed by atoms with Gasteiger partial charge < -0.3 is 15.3 Å². The summed E-state index contributed by atoms with van der Waals surface area (Å²) in [5.74, 6) is 0.520. The van der Waals surface area contributed by atoms with Crippen molar-refractivity contribution in [2.75, 3.05) is 25.5 Å². The van der Waals surface area contributed by atoms with Gasteiger partial charge in [-0.25, -0.2) is 0 Å². The Balaban J connectivity index is 0.000000858. The van der Waals surface area contributed by atoms with Gasteiger partial charge in [0, 0.05) is 29.4 Å². The van der Waals surface area contributed by atoms with E-state index in [1.807, 2.05) is 0 Å². The van der Waals surface area contributed by atoms with Gasteiger partial charge >= 0.3 is 6.18 Å². The zero-order chi connectivity index (χ0) is 22.6. The molecule has 1 aliphatic heterocycles. The average molecular weight is 456 g/mol. The summed E-state index contributed by atoms with van der Waals surface area (Å²) in [5.41, 5.74) is -0.154. The van der Waals surface area contributed by atoms with Gasteiger partial charge in [0.15, 0.2) is 0 Å². The molecule has 0 unspecified atom stereocenters.